The van der Waals surface area contributed by atoms with E-state index in [1.807, 2.05) is 26.1 Å². The lowest BCUT2D eigenvalue weighted by atomic mass is 10.2. The molecule has 0 aliphatic rings. The molecular formula is C11H14N4O. The standard InChI is InChI=1S/C11H14N4O/c1-8-10(6-12)11(15(2)14-8)16-9-4-3-5-13-7-9/h3-5,7H,6,12H2,1-2H3. The Bertz CT molecular complexity index is 478. The van der Waals surface area contributed by atoms with E-state index in [-0.39, 0.29) is 0 Å². The largest absolute Gasteiger partial charge is 0.437 e. The van der Waals surface area contributed by atoms with Gasteiger partial charge in [-0.15, -0.1) is 0 Å². The molecule has 0 amide bonds. The molecule has 0 aliphatic carbocycles. The second-order valence-corrected chi connectivity index (χ2v) is 3.49. The second-order valence-electron chi connectivity index (χ2n) is 3.49. The van der Waals surface area contributed by atoms with E-state index in [1.165, 1.54) is 0 Å². The third kappa shape index (κ3) is 1.90. The van der Waals surface area contributed by atoms with E-state index in [1.54, 1.807) is 17.1 Å². The predicted molar refractivity (Wildman–Crippen MR) is 60.1 cm³/mol. The van der Waals surface area contributed by atoms with E-state index in [4.69, 9.17) is 10.5 Å². The molecule has 0 saturated heterocycles. The molecule has 84 valence electrons. The smallest absolute Gasteiger partial charge is 0.222 e. The van der Waals surface area contributed by atoms with Crippen molar-refractivity contribution in [3.63, 3.8) is 0 Å². The lowest BCUT2D eigenvalue weighted by Gasteiger charge is -2.06. The summed E-state index contributed by atoms with van der Waals surface area (Å²) >= 11 is 0. The zero-order valence-corrected chi connectivity index (χ0v) is 9.34. The molecule has 0 radical (unpaired) electrons. The highest BCUT2D eigenvalue weighted by atomic mass is 16.5. The van der Waals surface area contributed by atoms with Crippen molar-refractivity contribution in [1.82, 2.24) is 14.8 Å². The topological polar surface area (TPSA) is 66.0 Å². The summed E-state index contributed by atoms with van der Waals surface area (Å²) in [6.45, 7) is 2.33. The monoisotopic (exact) mass is 218 g/mol. The van der Waals surface area contributed by atoms with Crippen molar-refractivity contribution in [2.75, 3.05) is 0 Å². The van der Waals surface area contributed by atoms with Crippen LogP contribution in [0.5, 0.6) is 11.6 Å². The van der Waals surface area contributed by atoms with Gasteiger partial charge >= 0.3 is 0 Å². The molecule has 2 N–H and O–H groups in total. The molecular weight excluding hydrogens is 204 g/mol. The fourth-order valence-corrected chi connectivity index (χ4v) is 1.56. The zero-order valence-electron chi connectivity index (χ0n) is 9.34. The lowest BCUT2D eigenvalue weighted by molar-refractivity contribution is 0.424. The van der Waals surface area contributed by atoms with Gasteiger partial charge in [0.1, 0.15) is 5.75 Å². The summed E-state index contributed by atoms with van der Waals surface area (Å²) in [7, 11) is 1.83. The molecule has 0 spiro atoms. The van der Waals surface area contributed by atoms with E-state index in [0.717, 1.165) is 11.3 Å². The third-order valence-corrected chi connectivity index (χ3v) is 2.34. The SMILES string of the molecule is Cc1nn(C)c(Oc2cccnc2)c1CN. The second kappa shape index (κ2) is 4.32. The van der Waals surface area contributed by atoms with E-state index < -0.39 is 0 Å². The van der Waals surface area contributed by atoms with Crippen LogP contribution in [0, 0.1) is 6.92 Å². The number of hydrogen-bond acceptors (Lipinski definition) is 4. The van der Waals surface area contributed by atoms with Crippen LogP contribution in [0.2, 0.25) is 0 Å². The quantitative estimate of drug-likeness (QED) is 0.845. The molecule has 0 aliphatic heterocycles. The maximum Gasteiger partial charge on any atom is 0.222 e. The number of aromatic nitrogens is 3. The molecule has 0 saturated carbocycles. The molecule has 2 aromatic heterocycles. The van der Waals surface area contributed by atoms with Crippen molar-refractivity contribution in [3.05, 3.63) is 35.8 Å². The number of hydrogen-bond donors (Lipinski definition) is 1. The third-order valence-electron chi connectivity index (χ3n) is 2.34. The van der Waals surface area contributed by atoms with Crippen LogP contribution < -0.4 is 10.5 Å². The first kappa shape index (κ1) is 10.6. The number of pyridine rings is 1. The van der Waals surface area contributed by atoms with E-state index in [0.29, 0.717) is 18.2 Å². The maximum atomic E-state index is 5.71. The number of ether oxygens (including phenoxy) is 1. The van der Waals surface area contributed by atoms with Crippen molar-refractivity contribution in [3.8, 4) is 11.6 Å². The molecule has 2 heterocycles. The minimum atomic E-state index is 0.412. The van der Waals surface area contributed by atoms with E-state index in [2.05, 4.69) is 10.1 Å². The van der Waals surface area contributed by atoms with Crippen LogP contribution in [0.25, 0.3) is 0 Å². The Balaban J connectivity index is 2.34. The van der Waals surface area contributed by atoms with Crippen molar-refractivity contribution in [2.24, 2.45) is 12.8 Å². The Labute approximate surface area is 93.9 Å². The van der Waals surface area contributed by atoms with Crippen LogP contribution in [0.15, 0.2) is 24.5 Å². The summed E-state index contributed by atoms with van der Waals surface area (Å²) in [5.41, 5.74) is 7.48. The fraction of sp³-hybridized carbons (Fsp3) is 0.273. The summed E-state index contributed by atoms with van der Waals surface area (Å²) < 4.78 is 7.40. The lowest BCUT2D eigenvalue weighted by Crippen LogP contribution is -2.01. The van der Waals surface area contributed by atoms with E-state index in [9.17, 15) is 0 Å². The number of nitrogens with zero attached hydrogens (tertiary/aromatic N) is 3. The number of aryl methyl sites for hydroxylation is 2. The highest BCUT2D eigenvalue weighted by Gasteiger charge is 2.13. The average Bonchev–Trinajstić information content (AvgIpc) is 2.55. The van der Waals surface area contributed by atoms with Crippen LogP contribution in [-0.4, -0.2) is 14.8 Å². The first-order chi connectivity index (χ1) is 7.72. The summed E-state index contributed by atoms with van der Waals surface area (Å²) in [6.07, 6.45) is 3.35. The van der Waals surface area contributed by atoms with Crippen LogP contribution >= 0.6 is 0 Å². The van der Waals surface area contributed by atoms with Gasteiger partial charge in [0.05, 0.1) is 17.5 Å². The summed E-state index contributed by atoms with van der Waals surface area (Å²) in [4.78, 5) is 3.99. The van der Waals surface area contributed by atoms with Gasteiger partial charge in [-0.2, -0.15) is 5.10 Å². The molecule has 5 nitrogen and oxygen atoms in total. The molecule has 2 rings (SSSR count). The molecule has 2 aromatic rings. The van der Waals surface area contributed by atoms with Gasteiger partial charge < -0.3 is 10.5 Å². The van der Waals surface area contributed by atoms with Crippen LogP contribution in [-0.2, 0) is 13.6 Å². The Kier molecular flexibility index (Phi) is 2.87. The van der Waals surface area contributed by atoms with Crippen molar-refractivity contribution >= 4 is 0 Å². The molecule has 5 heteroatoms. The Morgan fingerprint density at radius 3 is 2.94 bits per heavy atom. The van der Waals surface area contributed by atoms with Crippen molar-refractivity contribution in [2.45, 2.75) is 13.5 Å². The van der Waals surface area contributed by atoms with Crippen LogP contribution in [0.3, 0.4) is 0 Å². The van der Waals surface area contributed by atoms with Gasteiger partial charge in [-0.1, -0.05) is 0 Å². The van der Waals surface area contributed by atoms with Gasteiger partial charge in [0, 0.05) is 19.8 Å². The highest BCUT2D eigenvalue weighted by molar-refractivity contribution is 5.34. The maximum absolute atomic E-state index is 5.71. The normalized spacial score (nSPS) is 10.4. The minimum Gasteiger partial charge on any atom is -0.437 e. The summed E-state index contributed by atoms with van der Waals surface area (Å²) in [5, 5.41) is 4.27. The first-order valence-electron chi connectivity index (χ1n) is 5.02. The van der Waals surface area contributed by atoms with Crippen molar-refractivity contribution in [1.29, 1.82) is 0 Å². The van der Waals surface area contributed by atoms with Gasteiger partial charge in [0.15, 0.2) is 0 Å². The zero-order chi connectivity index (χ0) is 11.5. The Hall–Kier alpha value is -1.88. The molecule has 0 aromatic carbocycles. The summed E-state index contributed by atoms with van der Waals surface area (Å²) in [5.74, 6) is 1.35. The van der Waals surface area contributed by atoms with Crippen LogP contribution in [0.1, 0.15) is 11.3 Å². The highest BCUT2D eigenvalue weighted by Crippen LogP contribution is 2.25. The van der Waals surface area contributed by atoms with E-state index >= 15 is 0 Å². The molecule has 0 atom stereocenters. The van der Waals surface area contributed by atoms with Crippen LogP contribution in [0.4, 0.5) is 0 Å². The Morgan fingerprint density at radius 1 is 1.50 bits per heavy atom. The molecule has 0 unspecified atom stereocenters. The van der Waals surface area contributed by atoms with Gasteiger partial charge in [-0.25, -0.2) is 4.68 Å². The Morgan fingerprint density at radius 2 is 2.31 bits per heavy atom. The van der Waals surface area contributed by atoms with Gasteiger partial charge in [-0.3, -0.25) is 4.98 Å². The molecule has 16 heavy (non-hydrogen) atoms. The number of rotatable bonds is 3. The molecule has 0 bridgehead atoms. The molecule has 0 fully saturated rings. The fourth-order valence-electron chi connectivity index (χ4n) is 1.56. The first-order valence-corrected chi connectivity index (χ1v) is 5.02. The van der Waals surface area contributed by atoms with Gasteiger partial charge in [0.25, 0.3) is 0 Å². The van der Waals surface area contributed by atoms with Gasteiger partial charge in [0.2, 0.25) is 5.88 Å². The number of nitrogens with two attached hydrogens (primary N) is 1. The summed E-state index contributed by atoms with van der Waals surface area (Å²) in [6, 6.07) is 3.66. The minimum absolute atomic E-state index is 0.412. The predicted octanol–water partition coefficient (Wildman–Crippen LogP) is 1.37. The van der Waals surface area contributed by atoms with Gasteiger partial charge in [-0.05, 0) is 19.1 Å². The average molecular weight is 218 g/mol. The van der Waals surface area contributed by atoms with Crippen molar-refractivity contribution < 1.29 is 4.74 Å².